The van der Waals surface area contributed by atoms with Crippen molar-refractivity contribution in [2.45, 2.75) is 33.1 Å². The van der Waals surface area contributed by atoms with Crippen LogP contribution >= 0.6 is 0 Å². The summed E-state index contributed by atoms with van der Waals surface area (Å²) < 4.78 is 5.18. The summed E-state index contributed by atoms with van der Waals surface area (Å²) in [7, 11) is 1.52. The molecule has 5 heteroatoms. The van der Waals surface area contributed by atoms with E-state index in [4.69, 9.17) is 4.74 Å². The molecule has 0 aliphatic rings. The minimum atomic E-state index is -0.256. The van der Waals surface area contributed by atoms with Gasteiger partial charge in [0.1, 0.15) is 5.75 Å². The van der Waals surface area contributed by atoms with Crippen molar-refractivity contribution in [2.75, 3.05) is 19.0 Å². The van der Waals surface area contributed by atoms with Crippen LogP contribution in [0.1, 0.15) is 47.7 Å². The van der Waals surface area contributed by atoms with Gasteiger partial charge < -0.3 is 15.4 Å². The van der Waals surface area contributed by atoms with Crippen LogP contribution in [0.4, 0.5) is 5.69 Å². The van der Waals surface area contributed by atoms with E-state index in [0.29, 0.717) is 17.2 Å². The topological polar surface area (TPSA) is 67.4 Å². The van der Waals surface area contributed by atoms with E-state index in [0.717, 1.165) is 16.8 Å². The molecule has 0 heterocycles. The predicted molar refractivity (Wildman–Crippen MR) is 104 cm³/mol. The lowest BCUT2D eigenvalue weighted by molar-refractivity contribution is -0.116. The summed E-state index contributed by atoms with van der Waals surface area (Å²) in [6.45, 7) is 6.42. The zero-order valence-electron chi connectivity index (χ0n) is 15.8. The van der Waals surface area contributed by atoms with Crippen molar-refractivity contribution in [1.29, 1.82) is 0 Å². The molecule has 0 aliphatic heterocycles. The number of rotatable bonds is 7. The van der Waals surface area contributed by atoms with Gasteiger partial charge in [-0.1, -0.05) is 44.2 Å². The maximum Gasteiger partial charge on any atom is 0.255 e. The molecule has 0 bridgehead atoms. The van der Waals surface area contributed by atoms with E-state index in [2.05, 4.69) is 24.5 Å². The van der Waals surface area contributed by atoms with Crippen LogP contribution in [0.25, 0.3) is 0 Å². The lowest BCUT2D eigenvalue weighted by Gasteiger charge is -2.16. The lowest BCUT2D eigenvalue weighted by Crippen LogP contribution is -2.28. The van der Waals surface area contributed by atoms with Crippen LogP contribution in [0.3, 0.4) is 0 Å². The first-order valence-corrected chi connectivity index (χ1v) is 8.74. The summed E-state index contributed by atoms with van der Waals surface area (Å²) in [6, 6.07) is 13.0. The number of hydrogen-bond acceptors (Lipinski definition) is 3. The van der Waals surface area contributed by atoms with Gasteiger partial charge in [0.2, 0.25) is 5.91 Å². The van der Waals surface area contributed by atoms with Crippen LogP contribution in [-0.4, -0.2) is 25.5 Å². The van der Waals surface area contributed by atoms with Gasteiger partial charge >= 0.3 is 0 Å². The van der Waals surface area contributed by atoms with Crippen LogP contribution in [0.15, 0.2) is 42.5 Å². The standard InChI is InChI=1S/C21H26N2O3/c1-14(2)16-10-7-8-15(3)20(16)23-19(24)12-13-22-21(25)17-9-5-6-11-18(17)26-4/h5-11,14H,12-13H2,1-4H3,(H,22,25)(H,23,24). The molecule has 26 heavy (non-hydrogen) atoms. The SMILES string of the molecule is COc1ccccc1C(=O)NCCC(=O)Nc1c(C)cccc1C(C)C. The highest BCUT2D eigenvalue weighted by molar-refractivity contribution is 5.97. The Labute approximate surface area is 154 Å². The normalized spacial score (nSPS) is 10.5. The van der Waals surface area contributed by atoms with Crippen LogP contribution < -0.4 is 15.4 Å². The molecule has 2 aromatic carbocycles. The van der Waals surface area contributed by atoms with Crippen LogP contribution in [-0.2, 0) is 4.79 Å². The molecule has 0 aliphatic carbocycles. The quantitative estimate of drug-likeness (QED) is 0.793. The van der Waals surface area contributed by atoms with Crippen molar-refractivity contribution >= 4 is 17.5 Å². The fourth-order valence-corrected chi connectivity index (χ4v) is 2.76. The van der Waals surface area contributed by atoms with E-state index in [1.54, 1.807) is 24.3 Å². The van der Waals surface area contributed by atoms with E-state index in [1.807, 2.05) is 25.1 Å². The number of methoxy groups -OCH3 is 1. The van der Waals surface area contributed by atoms with Crippen LogP contribution in [0.5, 0.6) is 5.75 Å². The fourth-order valence-electron chi connectivity index (χ4n) is 2.76. The highest BCUT2D eigenvalue weighted by Gasteiger charge is 2.14. The summed E-state index contributed by atoms with van der Waals surface area (Å²) in [5.74, 6) is 0.446. The lowest BCUT2D eigenvalue weighted by atomic mass is 9.98. The average molecular weight is 354 g/mol. The molecule has 0 aromatic heterocycles. The predicted octanol–water partition coefficient (Wildman–Crippen LogP) is 3.89. The van der Waals surface area contributed by atoms with Crippen molar-refractivity contribution in [3.8, 4) is 5.75 Å². The van der Waals surface area contributed by atoms with E-state index < -0.39 is 0 Å². The van der Waals surface area contributed by atoms with Gasteiger partial charge in [-0.25, -0.2) is 0 Å². The van der Waals surface area contributed by atoms with Crippen molar-refractivity contribution in [3.05, 3.63) is 59.2 Å². The number of aryl methyl sites for hydroxylation is 1. The van der Waals surface area contributed by atoms with Crippen LogP contribution in [0, 0.1) is 6.92 Å². The number of amides is 2. The average Bonchev–Trinajstić information content (AvgIpc) is 2.63. The third kappa shape index (κ3) is 4.85. The molecule has 0 saturated carbocycles. The van der Waals surface area contributed by atoms with Gasteiger partial charge in [-0.05, 0) is 36.1 Å². The molecule has 0 atom stereocenters. The highest BCUT2D eigenvalue weighted by Crippen LogP contribution is 2.27. The molecular weight excluding hydrogens is 328 g/mol. The van der Waals surface area contributed by atoms with Crippen molar-refractivity contribution in [3.63, 3.8) is 0 Å². The first-order valence-electron chi connectivity index (χ1n) is 8.74. The zero-order valence-corrected chi connectivity index (χ0v) is 15.8. The molecule has 0 radical (unpaired) electrons. The Morgan fingerprint density at radius 1 is 1.08 bits per heavy atom. The second kappa shape index (κ2) is 9.04. The Morgan fingerprint density at radius 2 is 1.81 bits per heavy atom. The first-order chi connectivity index (χ1) is 12.4. The molecule has 0 saturated heterocycles. The monoisotopic (exact) mass is 354 g/mol. The van der Waals surface area contributed by atoms with Gasteiger partial charge in [0.25, 0.3) is 5.91 Å². The van der Waals surface area contributed by atoms with Gasteiger partial charge in [0.05, 0.1) is 12.7 Å². The second-order valence-electron chi connectivity index (χ2n) is 6.45. The molecule has 138 valence electrons. The Kier molecular flexibility index (Phi) is 6.78. The Morgan fingerprint density at radius 3 is 2.50 bits per heavy atom. The third-order valence-electron chi connectivity index (χ3n) is 4.18. The van der Waals surface area contributed by atoms with Crippen LogP contribution in [0.2, 0.25) is 0 Å². The largest absolute Gasteiger partial charge is 0.496 e. The number of ether oxygens (including phenoxy) is 1. The zero-order chi connectivity index (χ0) is 19.1. The number of carbonyl (C=O) groups is 2. The maximum atomic E-state index is 12.3. The second-order valence-corrected chi connectivity index (χ2v) is 6.45. The van der Waals surface area contributed by atoms with Crippen molar-refractivity contribution < 1.29 is 14.3 Å². The van der Waals surface area contributed by atoms with Crippen molar-refractivity contribution in [1.82, 2.24) is 5.32 Å². The molecular formula is C21H26N2O3. The summed E-state index contributed by atoms with van der Waals surface area (Å²) in [6.07, 6.45) is 0.201. The number of benzene rings is 2. The van der Waals surface area contributed by atoms with E-state index in [-0.39, 0.29) is 24.8 Å². The Bertz CT molecular complexity index is 785. The van der Waals surface area contributed by atoms with Gasteiger partial charge in [0, 0.05) is 18.7 Å². The number of anilines is 1. The molecule has 0 spiro atoms. The maximum absolute atomic E-state index is 12.3. The first kappa shape index (κ1) is 19.5. The number of hydrogen-bond donors (Lipinski definition) is 2. The van der Waals surface area contributed by atoms with Gasteiger partial charge in [-0.2, -0.15) is 0 Å². The summed E-state index contributed by atoms with van der Waals surface area (Å²) in [5.41, 5.74) is 3.46. The number of carbonyl (C=O) groups excluding carboxylic acids is 2. The number of nitrogens with one attached hydrogen (secondary N) is 2. The Hall–Kier alpha value is -2.82. The third-order valence-corrected chi connectivity index (χ3v) is 4.18. The molecule has 5 nitrogen and oxygen atoms in total. The highest BCUT2D eigenvalue weighted by atomic mass is 16.5. The van der Waals surface area contributed by atoms with Crippen molar-refractivity contribution in [2.24, 2.45) is 0 Å². The molecule has 2 N–H and O–H groups in total. The van der Waals surface area contributed by atoms with Gasteiger partial charge in [-0.15, -0.1) is 0 Å². The molecule has 2 rings (SSSR count). The van der Waals surface area contributed by atoms with Gasteiger partial charge in [-0.3, -0.25) is 9.59 Å². The molecule has 0 fully saturated rings. The smallest absolute Gasteiger partial charge is 0.255 e. The summed E-state index contributed by atoms with van der Waals surface area (Å²) in [5, 5.41) is 5.74. The molecule has 2 amide bonds. The summed E-state index contributed by atoms with van der Waals surface area (Å²) >= 11 is 0. The van der Waals surface area contributed by atoms with E-state index >= 15 is 0 Å². The molecule has 2 aromatic rings. The summed E-state index contributed by atoms with van der Waals surface area (Å²) in [4.78, 5) is 24.5. The number of para-hydroxylation sites is 2. The molecule has 0 unspecified atom stereocenters. The fraction of sp³-hybridized carbons (Fsp3) is 0.333. The van der Waals surface area contributed by atoms with E-state index in [9.17, 15) is 9.59 Å². The van der Waals surface area contributed by atoms with Gasteiger partial charge in [0.15, 0.2) is 0 Å². The minimum absolute atomic E-state index is 0.124. The minimum Gasteiger partial charge on any atom is -0.496 e. The van der Waals surface area contributed by atoms with E-state index in [1.165, 1.54) is 7.11 Å². The Balaban J connectivity index is 1.93.